The van der Waals surface area contributed by atoms with E-state index in [2.05, 4.69) is 5.10 Å². The summed E-state index contributed by atoms with van der Waals surface area (Å²) in [6.45, 7) is 0.273. The molecule has 0 saturated carbocycles. The zero-order chi connectivity index (χ0) is 13.1. The number of nitrogen functional groups attached to an aromatic ring is 1. The molecular formula is C12H12ClN3O2. The van der Waals surface area contributed by atoms with Crippen LogP contribution in [0.25, 0.3) is 0 Å². The zero-order valence-electron chi connectivity index (χ0n) is 9.76. The van der Waals surface area contributed by atoms with Crippen molar-refractivity contribution in [2.75, 3.05) is 12.8 Å². The smallest absolute Gasteiger partial charge is 0.267 e. The Bertz CT molecular complexity index is 625. The van der Waals surface area contributed by atoms with E-state index in [0.717, 1.165) is 5.56 Å². The van der Waals surface area contributed by atoms with Crippen LogP contribution in [0.15, 0.2) is 35.1 Å². The molecule has 0 aliphatic heterocycles. The number of nitrogens with zero attached hydrogens (tertiary/aromatic N) is 2. The Labute approximate surface area is 109 Å². The van der Waals surface area contributed by atoms with Crippen molar-refractivity contribution in [2.24, 2.45) is 0 Å². The molecule has 1 aromatic heterocycles. The van der Waals surface area contributed by atoms with Gasteiger partial charge in [-0.3, -0.25) is 4.79 Å². The third-order valence-corrected chi connectivity index (χ3v) is 2.80. The van der Waals surface area contributed by atoms with Gasteiger partial charge < -0.3 is 10.5 Å². The highest BCUT2D eigenvalue weighted by Gasteiger charge is 2.05. The maximum atomic E-state index is 11.6. The molecule has 5 nitrogen and oxygen atoms in total. The van der Waals surface area contributed by atoms with Gasteiger partial charge in [-0.25, -0.2) is 4.68 Å². The van der Waals surface area contributed by atoms with Gasteiger partial charge in [0.1, 0.15) is 0 Å². The summed E-state index contributed by atoms with van der Waals surface area (Å²) in [5, 5.41) is 4.55. The van der Waals surface area contributed by atoms with Gasteiger partial charge in [-0.15, -0.1) is 5.10 Å². The number of methoxy groups -OCH3 is 1. The maximum Gasteiger partial charge on any atom is 0.267 e. The lowest BCUT2D eigenvalue weighted by molar-refractivity contribution is 0.379. The van der Waals surface area contributed by atoms with Gasteiger partial charge in [0.05, 0.1) is 13.7 Å². The number of halogens is 1. The van der Waals surface area contributed by atoms with Gasteiger partial charge in [0.25, 0.3) is 5.56 Å². The van der Waals surface area contributed by atoms with Gasteiger partial charge in [-0.1, -0.05) is 17.7 Å². The topological polar surface area (TPSA) is 70.1 Å². The normalized spacial score (nSPS) is 10.3. The van der Waals surface area contributed by atoms with Crippen molar-refractivity contribution in [2.45, 2.75) is 6.54 Å². The fraction of sp³-hybridized carbons (Fsp3) is 0.167. The first-order chi connectivity index (χ1) is 8.60. The molecule has 0 atom stereocenters. The van der Waals surface area contributed by atoms with Crippen molar-refractivity contribution in [1.82, 2.24) is 9.78 Å². The summed E-state index contributed by atoms with van der Waals surface area (Å²) < 4.78 is 6.26. The number of aromatic nitrogens is 2. The molecule has 0 bridgehead atoms. The van der Waals surface area contributed by atoms with Gasteiger partial charge in [-0.05, 0) is 17.7 Å². The lowest BCUT2D eigenvalue weighted by Gasteiger charge is -2.08. The predicted octanol–water partition coefficient (Wildman–Crippen LogP) is 1.54. The third kappa shape index (κ3) is 2.62. The molecule has 0 unspecified atom stereocenters. The standard InChI is InChI=1S/C12H12ClN3O2/c1-18-11-4-5-12(17)16(15-11)7-8-2-3-9(14)6-10(8)13/h2-6H,7,14H2,1H3. The molecule has 94 valence electrons. The van der Waals surface area contributed by atoms with E-state index in [1.807, 2.05) is 0 Å². The maximum absolute atomic E-state index is 11.6. The number of anilines is 1. The molecule has 0 spiro atoms. The second-order valence-corrected chi connectivity index (χ2v) is 4.13. The Balaban J connectivity index is 2.36. The van der Waals surface area contributed by atoms with Gasteiger partial charge in [0, 0.05) is 22.8 Å². The average Bonchev–Trinajstić information content (AvgIpc) is 2.35. The van der Waals surface area contributed by atoms with Crippen molar-refractivity contribution >= 4 is 17.3 Å². The Morgan fingerprint density at radius 1 is 1.39 bits per heavy atom. The monoisotopic (exact) mass is 265 g/mol. The Morgan fingerprint density at radius 3 is 2.83 bits per heavy atom. The largest absolute Gasteiger partial charge is 0.480 e. The fourth-order valence-electron chi connectivity index (χ4n) is 1.51. The van der Waals surface area contributed by atoms with Gasteiger partial charge in [0.15, 0.2) is 0 Å². The molecule has 2 rings (SSSR count). The minimum atomic E-state index is -0.219. The number of rotatable bonds is 3. The minimum Gasteiger partial charge on any atom is -0.480 e. The first-order valence-electron chi connectivity index (χ1n) is 5.26. The summed E-state index contributed by atoms with van der Waals surface area (Å²) >= 11 is 6.05. The quantitative estimate of drug-likeness (QED) is 0.855. The number of hydrogen-bond donors (Lipinski definition) is 1. The number of benzene rings is 1. The highest BCUT2D eigenvalue weighted by molar-refractivity contribution is 6.31. The molecule has 1 heterocycles. The highest BCUT2D eigenvalue weighted by atomic mass is 35.5. The van der Waals surface area contributed by atoms with E-state index in [0.29, 0.717) is 16.6 Å². The van der Waals surface area contributed by atoms with Crippen LogP contribution in [0.5, 0.6) is 5.88 Å². The van der Waals surface area contributed by atoms with Crippen molar-refractivity contribution < 1.29 is 4.74 Å². The summed E-state index contributed by atoms with van der Waals surface area (Å²) in [6, 6.07) is 8.06. The van der Waals surface area contributed by atoms with E-state index < -0.39 is 0 Å². The highest BCUT2D eigenvalue weighted by Crippen LogP contribution is 2.19. The third-order valence-electron chi connectivity index (χ3n) is 2.45. The molecule has 1 aromatic carbocycles. The van der Waals surface area contributed by atoms with E-state index in [1.54, 1.807) is 18.2 Å². The summed E-state index contributed by atoms with van der Waals surface area (Å²) in [4.78, 5) is 11.6. The van der Waals surface area contributed by atoms with Crippen molar-refractivity contribution in [1.29, 1.82) is 0 Å². The summed E-state index contributed by atoms with van der Waals surface area (Å²) in [5.41, 5.74) is 6.74. The first-order valence-corrected chi connectivity index (χ1v) is 5.64. The van der Waals surface area contributed by atoms with Crippen LogP contribution in [0, 0.1) is 0 Å². The molecular weight excluding hydrogens is 254 g/mol. The molecule has 0 amide bonds. The molecule has 0 saturated heterocycles. The SMILES string of the molecule is COc1ccc(=O)n(Cc2ccc(N)cc2Cl)n1. The number of hydrogen-bond acceptors (Lipinski definition) is 4. The number of ether oxygens (including phenoxy) is 1. The van der Waals surface area contributed by atoms with Gasteiger partial charge >= 0.3 is 0 Å². The van der Waals surface area contributed by atoms with E-state index in [4.69, 9.17) is 22.1 Å². The van der Waals surface area contributed by atoms with Crippen LogP contribution in [0.3, 0.4) is 0 Å². The van der Waals surface area contributed by atoms with Crippen molar-refractivity contribution in [3.8, 4) is 5.88 Å². The van der Waals surface area contributed by atoms with Crippen LogP contribution in [0.4, 0.5) is 5.69 Å². The molecule has 0 radical (unpaired) electrons. The zero-order valence-corrected chi connectivity index (χ0v) is 10.5. The Kier molecular flexibility index (Phi) is 3.53. The Morgan fingerprint density at radius 2 is 2.17 bits per heavy atom. The summed E-state index contributed by atoms with van der Waals surface area (Å²) in [5.74, 6) is 0.376. The molecule has 2 aromatic rings. The Hall–Kier alpha value is -2.01. The molecule has 6 heteroatoms. The van der Waals surface area contributed by atoms with Crippen LogP contribution in [-0.2, 0) is 6.54 Å². The van der Waals surface area contributed by atoms with Crippen LogP contribution >= 0.6 is 11.6 Å². The molecule has 0 aliphatic rings. The van der Waals surface area contributed by atoms with E-state index in [-0.39, 0.29) is 12.1 Å². The van der Waals surface area contributed by atoms with E-state index in [9.17, 15) is 4.79 Å². The second-order valence-electron chi connectivity index (χ2n) is 3.72. The second kappa shape index (κ2) is 5.10. The van der Waals surface area contributed by atoms with Crippen LogP contribution in [0.2, 0.25) is 5.02 Å². The lowest BCUT2D eigenvalue weighted by atomic mass is 10.2. The van der Waals surface area contributed by atoms with Crippen molar-refractivity contribution in [3.05, 3.63) is 51.3 Å². The molecule has 0 fully saturated rings. The van der Waals surface area contributed by atoms with E-state index >= 15 is 0 Å². The van der Waals surface area contributed by atoms with E-state index in [1.165, 1.54) is 23.9 Å². The summed E-state index contributed by atoms with van der Waals surface area (Å²) in [6.07, 6.45) is 0. The molecule has 2 N–H and O–H groups in total. The van der Waals surface area contributed by atoms with Gasteiger partial charge in [0.2, 0.25) is 5.88 Å². The van der Waals surface area contributed by atoms with Gasteiger partial charge in [-0.2, -0.15) is 0 Å². The predicted molar refractivity (Wildman–Crippen MR) is 70.0 cm³/mol. The fourth-order valence-corrected chi connectivity index (χ4v) is 1.75. The minimum absolute atomic E-state index is 0.219. The van der Waals surface area contributed by atoms with Crippen LogP contribution < -0.4 is 16.0 Å². The van der Waals surface area contributed by atoms with Crippen LogP contribution in [-0.4, -0.2) is 16.9 Å². The first kappa shape index (κ1) is 12.4. The summed E-state index contributed by atoms with van der Waals surface area (Å²) in [7, 11) is 1.49. The number of nitrogens with two attached hydrogens (primary N) is 1. The molecule has 18 heavy (non-hydrogen) atoms. The van der Waals surface area contributed by atoms with Crippen LogP contribution in [0.1, 0.15) is 5.56 Å². The van der Waals surface area contributed by atoms with Crippen molar-refractivity contribution in [3.63, 3.8) is 0 Å². The molecule has 0 aliphatic carbocycles. The lowest BCUT2D eigenvalue weighted by Crippen LogP contribution is -2.22. The average molecular weight is 266 g/mol.